The summed E-state index contributed by atoms with van der Waals surface area (Å²) in [6.45, 7) is 3.79. The van der Waals surface area contributed by atoms with Gasteiger partial charge >= 0.3 is 5.97 Å². The van der Waals surface area contributed by atoms with Gasteiger partial charge in [-0.15, -0.1) is 0 Å². The molecule has 0 fully saturated rings. The van der Waals surface area contributed by atoms with E-state index in [9.17, 15) is 4.79 Å². The van der Waals surface area contributed by atoms with E-state index in [0.29, 0.717) is 5.02 Å². The zero-order valence-corrected chi connectivity index (χ0v) is 11.1. The van der Waals surface area contributed by atoms with Crippen LogP contribution in [0.1, 0.15) is 25.8 Å². The molecule has 0 spiro atoms. The lowest BCUT2D eigenvalue weighted by molar-refractivity contribution is -0.142. The van der Waals surface area contributed by atoms with Crippen molar-refractivity contribution in [1.29, 1.82) is 0 Å². The fraction of sp³-hybridized carbons (Fsp3) is 0.462. The van der Waals surface area contributed by atoms with Gasteiger partial charge in [-0.25, -0.2) is 0 Å². The Hall–Kier alpha value is -1.06. The van der Waals surface area contributed by atoms with Crippen LogP contribution in [-0.2, 0) is 14.9 Å². The molecule has 0 saturated heterocycles. The Kier molecular flexibility index (Phi) is 4.54. The number of ether oxygens (including phenoxy) is 1. The first-order chi connectivity index (χ1) is 7.91. The van der Waals surface area contributed by atoms with Gasteiger partial charge in [-0.3, -0.25) is 4.79 Å². The minimum absolute atomic E-state index is 0.207. The molecule has 0 aliphatic carbocycles. The molecule has 2 unspecified atom stereocenters. The van der Waals surface area contributed by atoms with Crippen molar-refractivity contribution in [1.82, 2.24) is 0 Å². The summed E-state index contributed by atoms with van der Waals surface area (Å²) < 4.78 is 4.72. The fourth-order valence-electron chi connectivity index (χ4n) is 1.80. The molecular weight excluding hydrogens is 238 g/mol. The first kappa shape index (κ1) is 14.0. The van der Waals surface area contributed by atoms with Crippen LogP contribution in [0.15, 0.2) is 24.3 Å². The van der Waals surface area contributed by atoms with E-state index >= 15 is 0 Å². The van der Waals surface area contributed by atoms with Crippen molar-refractivity contribution in [2.24, 2.45) is 5.73 Å². The maximum absolute atomic E-state index is 11.5. The number of nitrogens with two attached hydrogens (primary N) is 1. The highest BCUT2D eigenvalue weighted by Crippen LogP contribution is 2.35. The third-order valence-electron chi connectivity index (χ3n) is 3.23. The molecule has 1 aromatic rings. The van der Waals surface area contributed by atoms with Crippen LogP contribution < -0.4 is 5.73 Å². The molecule has 0 aliphatic rings. The second kappa shape index (κ2) is 5.52. The topological polar surface area (TPSA) is 52.3 Å². The molecule has 0 aromatic heterocycles. The highest BCUT2D eigenvalue weighted by molar-refractivity contribution is 6.31. The van der Waals surface area contributed by atoms with Crippen molar-refractivity contribution in [3.8, 4) is 0 Å². The van der Waals surface area contributed by atoms with E-state index in [2.05, 4.69) is 0 Å². The largest absolute Gasteiger partial charge is 0.469 e. The van der Waals surface area contributed by atoms with Gasteiger partial charge in [0.15, 0.2) is 0 Å². The number of carbonyl (C=O) groups is 1. The van der Waals surface area contributed by atoms with Crippen molar-refractivity contribution in [3.63, 3.8) is 0 Å². The average Bonchev–Trinajstić information content (AvgIpc) is 2.28. The monoisotopic (exact) mass is 255 g/mol. The molecule has 0 amide bonds. The smallest absolute Gasteiger partial charge is 0.306 e. The van der Waals surface area contributed by atoms with Gasteiger partial charge in [-0.05, 0) is 18.6 Å². The predicted octanol–water partition coefficient (Wildman–Crippen LogP) is 2.51. The van der Waals surface area contributed by atoms with Crippen molar-refractivity contribution >= 4 is 17.6 Å². The van der Waals surface area contributed by atoms with E-state index in [1.54, 1.807) is 6.07 Å². The van der Waals surface area contributed by atoms with Gasteiger partial charge in [0.05, 0.1) is 13.5 Å². The molecule has 0 radical (unpaired) electrons. The predicted molar refractivity (Wildman–Crippen MR) is 69.1 cm³/mol. The number of methoxy groups -OCH3 is 1. The molecule has 3 nitrogen and oxygen atoms in total. The Labute approximate surface area is 107 Å². The molecule has 0 bridgehead atoms. The van der Waals surface area contributed by atoms with Gasteiger partial charge in [0.1, 0.15) is 0 Å². The Morgan fingerprint density at radius 3 is 2.59 bits per heavy atom. The van der Waals surface area contributed by atoms with Crippen molar-refractivity contribution in [3.05, 3.63) is 34.9 Å². The minimum Gasteiger partial charge on any atom is -0.469 e. The van der Waals surface area contributed by atoms with Gasteiger partial charge in [-0.2, -0.15) is 0 Å². The lowest BCUT2D eigenvalue weighted by atomic mass is 9.74. The minimum atomic E-state index is -0.522. The van der Waals surface area contributed by atoms with Crippen LogP contribution in [0.25, 0.3) is 0 Å². The van der Waals surface area contributed by atoms with Gasteiger partial charge in [0, 0.05) is 16.5 Å². The van der Waals surface area contributed by atoms with E-state index in [0.717, 1.165) is 5.56 Å². The Bertz CT molecular complexity index is 406. The van der Waals surface area contributed by atoms with Crippen LogP contribution >= 0.6 is 11.6 Å². The molecule has 0 saturated carbocycles. The summed E-state index contributed by atoms with van der Waals surface area (Å²) in [5.41, 5.74) is 6.36. The lowest BCUT2D eigenvalue weighted by Gasteiger charge is -2.33. The first-order valence-electron chi connectivity index (χ1n) is 5.49. The Morgan fingerprint density at radius 1 is 1.53 bits per heavy atom. The SMILES string of the molecule is COC(=O)CC(C)(c1ccccc1Cl)C(C)N. The van der Waals surface area contributed by atoms with Crippen molar-refractivity contribution in [2.45, 2.75) is 31.7 Å². The maximum atomic E-state index is 11.5. The third kappa shape index (κ3) is 2.99. The molecule has 94 valence electrons. The fourth-order valence-corrected chi connectivity index (χ4v) is 2.15. The highest BCUT2D eigenvalue weighted by Gasteiger charge is 2.35. The van der Waals surface area contributed by atoms with Crippen LogP contribution in [0.5, 0.6) is 0 Å². The zero-order chi connectivity index (χ0) is 13.1. The summed E-state index contributed by atoms with van der Waals surface area (Å²) in [6.07, 6.45) is 0.213. The normalized spacial score (nSPS) is 16.1. The van der Waals surface area contributed by atoms with Gasteiger partial charge in [0.25, 0.3) is 0 Å². The van der Waals surface area contributed by atoms with Gasteiger partial charge in [-0.1, -0.05) is 36.7 Å². The van der Waals surface area contributed by atoms with Crippen LogP contribution in [0, 0.1) is 0 Å². The Balaban J connectivity index is 3.16. The molecule has 2 N–H and O–H groups in total. The quantitative estimate of drug-likeness (QED) is 0.841. The zero-order valence-electron chi connectivity index (χ0n) is 10.4. The number of halogens is 1. The maximum Gasteiger partial charge on any atom is 0.306 e. The molecule has 2 atom stereocenters. The third-order valence-corrected chi connectivity index (χ3v) is 3.56. The van der Waals surface area contributed by atoms with E-state index in [1.807, 2.05) is 32.0 Å². The van der Waals surface area contributed by atoms with Crippen LogP contribution in [-0.4, -0.2) is 19.1 Å². The first-order valence-corrected chi connectivity index (χ1v) is 5.87. The Morgan fingerprint density at radius 2 is 2.12 bits per heavy atom. The van der Waals surface area contributed by atoms with E-state index in [-0.39, 0.29) is 18.4 Å². The molecule has 0 aliphatic heterocycles. The highest BCUT2D eigenvalue weighted by atomic mass is 35.5. The number of benzene rings is 1. The number of hydrogen-bond donors (Lipinski definition) is 1. The van der Waals surface area contributed by atoms with Crippen LogP contribution in [0.2, 0.25) is 5.02 Å². The molecule has 1 aromatic carbocycles. The van der Waals surface area contributed by atoms with Gasteiger partial charge in [0.2, 0.25) is 0 Å². The molecular formula is C13H18ClNO2. The second-order valence-electron chi connectivity index (χ2n) is 4.44. The summed E-state index contributed by atoms with van der Waals surface area (Å²) in [4.78, 5) is 11.5. The number of rotatable bonds is 4. The van der Waals surface area contributed by atoms with Crippen molar-refractivity contribution in [2.75, 3.05) is 7.11 Å². The van der Waals surface area contributed by atoms with E-state index in [4.69, 9.17) is 22.1 Å². The second-order valence-corrected chi connectivity index (χ2v) is 4.85. The van der Waals surface area contributed by atoms with E-state index < -0.39 is 5.41 Å². The number of carbonyl (C=O) groups excluding carboxylic acids is 1. The molecule has 1 rings (SSSR count). The van der Waals surface area contributed by atoms with Crippen LogP contribution in [0.4, 0.5) is 0 Å². The summed E-state index contributed by atoms with van der Waals surface area (Å²) in [6, 6.07) is 7.23. The van der Waals surface area contributed by atoms with Gasteiger partial charge < -0.3 is 10.5 Å². The van der Waals surface area contributed by atoms with Crippen LogP contribution in [0.3, 0.4) is 0 Å². The van der Waals surface area contributed by atoms with E-state index in [1.165, 1.54) is 7.11 Å². The summed E-state index contributed by atoms with van der Waals surface area (Å²) in [5.74, 6) is -0.287. The standard InChI is InChI=1S/C13H18ClNO2/c1-9(15)13(2,8-12(16)17-3)10-6-4-5-7-11(10)14/h4-7,9H,8,15H2,1-3H3. The average molecular weight is 256 g/mol. The number of hydrogen-bond acceptors (Lipinski definition) is 3. The number of esters is 1. The lowest BCUT2D eigenvalue weighted by Crippen LogP contribution is -2.43. The van der Waals surface area contributed by atoms with Crippen molar-refractivity contribution < 1.29 is 9.53 Å². The summed E-state index contributed by atoms with van der Waals surface area (Å²) >= 11 is 6.17. The summed E-state index contributed by atoms with van der Waals surface area (Å²) in [7, 11) is 1.37. The molecule has 17 heavy (non-hydrogen) atoms. The molecule has 4 heteroatoms. The summed E-state index contributed by atoms with van der Waals surface area (Å²) in [5, 5.41) is 0.621. The molecule has 0 heterocycles.